The van der Waals surface area contributed by atoms with Gasteiger partial charge in [-0.2, -0.15) is 0 Å². The lowest BCUT2D eigenvalue weighted by atomic mass is 9.76. The van der Waals surface area contributed by atoms with Gasteiger partial charge < -0.3 is 5.73 Å². The number of fused-ring (bicyclic) bond motifs is 1. The first kappa shape index (κ1) is 16.0. The number of aryl methyl sites for hydroxylation is 1. The molecule has 112 valence electrons. The van der Waals surface area contributed by atoms with E-state index in [4.69, 9.17) is 5.73 Å². The molecular formula is C17H27BrN2. The van der Waals surface area contributed by atoms with Crippen molar-refractivity contribution in [1.82, 2.24) is 4.90 Å². The maximum absolute atomic E-state index is 6.22. The smallest absolute Gasteiger partial charge is 0.0375 e. The molecule has 0 amide bonds. The molecule has 0 aromatic heterocycles. The fraction of sp³-hybridized carbons (Fsp3) is 0.647. The zero-order valence-electron chi connectivity index (χ0n) is 12.8. The van der Waals surface area contributed by atoms with Crippen LogP contribution >= 0.6 is 15.9 Å². The predicted molar refractivity (Wildman–Crippen MR) is 90.1 cm³/mol. The third-order valence-corrected chi connectivity index (χ3v) is 5.25. The van der Waals surface area contributed by atoms with Crippen molar-refractivity contribution in [3.05, 3.63) is 33.8 Å². The molecule has 0 saturated carbocycles. The van der Waals surface area contributed by atoms with Gasteiger partial charge in [-0.1, -0.05) is 42.3 Å². The summed E-state index contributed by atoms with van der Waals surface area (Å²) in [6, 6.07) is 6.71. The van der Waals surface area contributed by atoms with Crippen LogP contribution in [0, 0.1) is 0 Å². The number of hydrogen-bond acceptors (Lipinski definition) is 2. The van der Waals surface area contributed by atoms with Crippen molar-refractivity contribution in [2.45, 2.75) is 51.5 Å². The lowest BCUT2D eigenvalue weighted by Gasteiger charge is -2.46. The van der Waals surface area contributed by atoms with Crippen molar-refractivity contribution < 1.29 is 0 Å². The van der Waals surface area contributed by atoms with Crippen molar-refractivity contribution in [3.8, 4) is 0 Å². The van der Waals surface area contributed by atoms with Crippen LogP contribution in [0.1, 0.15) is 44.2 Å². The summed E-state index contributed by atoms with van der Waals surface area (Å²) in [7, 11) is 0. The normalized spacial score (nSPS) is 22.1. The molecule has 0 saturated heterocycles. The van der Waals surface area contributed by atoms with Gasteiger partial charge in [0.2, 0.25) is 0 Å². The van der Waals surface area contributed by atoms with Gasteiger partial charge in [-0.15, -0.1) is 0 Å². The summed E-state index contributed by atoms with van der Waals surface area (Å²) in [6.45, 7) is 7.57. The minimum absolute atomic E-state index is 0.171. The van der Waals surface area contributed by atoms with Crippen LogP contribution in [0.3, 0.4) is 0 Å². The summed E-state index contributed by atoms with van der Waals surface area (Å²) >= 11 is 3.58. The van der Waals surface area contributed by atoms with Gasteiger partial charge in [0.15, 0.2) is 0 Å². The Morgan fingerprint density at radius 2 is 2.10 bits per heavy atom. The van der Waals surface area contributed by atoms with Gasteiger partial charge in [0, 0.05) is 16.6 Å². The highest BCUT2D eigenvalue weighted by Gasteiger charge is 2.37. The fourth-order valence-electron chi connectivity index (χ4n) is 3.46. The van der Waals surface area contributed by atoms with E-state index in [1.54, 1.807) is 0 Å². The maximum atomic E-state index is 6.22. The molecule has 1 aromatic carbocycles. The van der Waals surface area contributed by atoms with E-state index in [9.17, 15) is 0 Å². The Balaban J connectivity index is 2.22. The average Bonchev–Trinajstić information content (AvgIpc) is 2.48. The number of likely N-dealkylation sites (N-methyl/N-ethyl adjacent to an activating group) is 1. The number of hydrogen-bond donors (Lipinski definition) is 1. The van der Waals surface area contributed by atoms with E-state index in [0.29, 0.717) is 0 Å². The fourth-order valence-corrected chi connectivity index (χ4v) is 3.87. The number of benzene rings is 1. The van der Waals surface area contributed by atoms with Crippen molar-refractivity contribution in [2.75, 3.05) is 19.6 Å². The molecule has 0 heterocycles. The molecule has 1 aliphatic rings. The van der Waals surface area contributed by atoms with E-state index in [0.717, 1.165) is 25.9 Å². The number of unbranched alkanes of at least 4 members (excludes halogenated alkanes) is 1. The van der Waals surface area contributed by atoms with Crippen molar-refractivity contribution in [2.24, 2.45) is 5.73 Å². The molecule has 1 unspecified atom stereocenters. The number of rotatable bonds is 6. The quantitative estimate of drug-likeness (QED) is 0.855. The molecule has 3 heteroatoms. The zero-order valence-corrected chi connectivity index (χ0v) is 14.4. The van der Waals surface area contributed by atoms with E-state index in [2.05, 4.69) is 52.9 Å². The SMILES string of the molecule is CCCCN(CC)C1(CN)CCc2cc(Br)ccc2C1. The standard InChI is InChI=1S/C17H27BrN2/c1-3-5-10-20(4-2)17(13-19)9-8-14-11-16(18)7-6-15(14)12-17/h6-7,11H,3-5,8-10,12-13,19H2,1-2H3. The van der Waals surface area contributed by atoms with E-state index < -0.39 is 0 Å². The van der Waals surface area contributed by atoms with Crippen molar-refractivity contribution in [3.63, 3.8) is 0 Å². The molecule has 20 heavy (non-hydrogen) atoms. The first-order valence-corrected chi connectivity index (χ1v) is 8.67. The number of nitrogens with zero attached hydrogens (tertiary/aromatic N) is 1. The molecule has 0 aliphatic heterocycles. The molecule has 0 spiro atoms. The van der Waals surface area contributed by atoms with Crippen LogP contribution in [-0.4, -0.2) is 30.1 Å². The van der Waals surface area contributed by atoms with Crippen molar-refractivity contribution in [1.29, 1.82) is 0 Å². The van der Waals surface area contributed by atoms with Crippen LogP contribution in [-0.2, 0) is 12.8 Å². The van der Waals surface area contributed by atoms with Crippen LogP contribution < -0.4 is 5.73 Å². The second-order valence-corrected chi connectivity index (χ2v) is 6.87. The van der Waals surface area contributed by atoms with E-state index in [1.165, 1.54) is 41.4 Å². The Bertz CT molecular complexity index is 447. The summed E-state index contributed by atoms with van der Waals surface area (Å²) < 4.78 is 1.19. The molecular weight excluding hydrogens is 312 g/mol. The Kier molecular flexibility index (Phi) is 5.65. The highest BCUT2D eigenvalue weighted by atomic mass is 79.9. The second-order valence-electron chi connectivity index (χ2n) is 5.95. The zero-order chi connectivity index (χ0) is 14.6. The second kappa shape index (κ2) is 7.06. The summed E-state index contributed by atoms with van der Waals surface area (Å²) in [4.78, 5) is 2.63. The van der Waals surface area contributed by atoms with E-state index in [1.807, 2.05) is 0 Å². The molecule has 0 radical (unpaired) electrons. The lowest BCUT2D eigenvalue weighted by molar-refractivity contribution is 0.0832. The van der Waals surface area contributed by atoms with Gasteiger partial charge in [0.05, 0.1) is 0 Å². The Labute approximate surface area is 131 Å². The summed E-state index contributed by atoms with van der Waals surface area (Å²) in [5.74, 6) is 0. The largest absolute Gasteiger partial charge is 0.329 e. The Morgan fingerprint density at radius 3 is 2.75 bits per heavy atom. The number of nitrogens with two attached hydrogens (primary N) is 1. The molecule has 1 aliphatic carbocycles. The summed E-state index contributed by atoms with van der Waals surface area (Å²) in [6.07, 6.45) is 5.95. The van der Waals surface area contributed by atoms with Gasteiger partial charge in [0.25, 0.3) is 0 Å². The third-order valence-electron chi connectivity index (χ3n) is 4.76. The van der Waals surface area contributed by atoms with Crippen LogP contribution in [0.5, 0.6) is 0 Å². The van der Waals surface area contributed by atoms with Gasteiger partial charge in [-0.3, -0.25) is 4.90 Å². The molecule has 1 atom stereocenters. The predicted octanol–water partition coefficient (Wildman–Crippen LogP) is 3.76. The van der Waals surface area contributed by atoms with E-state index in [-0.39, 0.29) is 5.54 Å². The van der Waals surface area contributed by atoms with Crippen LogP contribution in [0.2, 0.25) is 0 Å². The summed E-state index contributed by atoms with van der Waals surface area (Å²) in [5.41, 5.74) is 9.38. The van der Waals surface area contributed by atoms with Gasteiger partial charge in [0.1, 0.15) is 0 Å². The Hall–Kier alpha value is -0.380. The number of halogens is 1. The molecule has 2 rings (SSSR count). The maximum Gasteiger partial charge on any atom is 0.0375 e. The van der Waals surface area contributed by atoms with E-state index >= 15 is 0 Å². The molecule has 1 aromatic rings. The average molecular weight is 339 g/mol. The lowest BCUT2D eigenvalue weighted by Crippen LogP contribution is -2.57. The summed E-state index contributed by atoms with van der Waals surface area (Å²) in [5, 5.41) is 0. The monoisotopic (exact) mass is 338 g/mol. The van der Waals surface area contributed by atoms with Gasteiger partial charge in [-0.05, 0) is 62.0 Å². The molecule has 0 bridgehead atoms. The highest BCUT2D eigenvalue weighted by Crippen LogP contribution is 2.34. The van der Waals surface area contributed by atoms with Crippen LogP contribution in [0.15, 0.2) is 22.7 Å². The first-order chi connectivity index (χ1) is 9.65. The molecule has 2 N–H and O–H groups in total. The minimum Gasteiger partial charge on any atom is -0.329 e. The third kappa shape index (κ3) is 3.26. The molecule has 2 nitrogen and oxygen atoms in total. The van der Waals surface area contributed by atoms with Crippen LogP contribution in [0.4, 0.5) is 0 Å². The minimum atomic E-state index is 0.171. The first-order valence-electron chi connectivity index (χ1n) is 7.87. The highest BCUT2D eigenvalue weighted by molar-refractivity contribution is 9.10. The van der Waals surface area contributed by atoms with Gasteiger partial charge in [-0.25, -0.2) is 0 Å². The topological polar surface area (TPSA) is 29.3 Å². The van der Waals surface area contributed by atoms with Gasteiger partial charge >= 0.3 is 0 Å². The molecule has 0 fully saturated rings. The van der Waals surface area contributed by atoms with Crippen molar-refractivity contribution >= 4 is 15.9 Å². The Morgan fingerprint density at radius 1 is 1.30 bits per heavy atom. The van der Waals surface area contributed by atoms with Crippen LogP contribution in [0.25, 0.3) is 0 Å².